The molecule has 0 fully saturated rings. The molecule has 1 aromatic carbocycles. The molecule has 2 aromatic heterocycles. The van der Waals surface area contributed by atoms with Crippen LogP contribution in [0.5, 0.6) is 0 Å². The van der Waals surface area contributed by atoms with Gasteiger partial charge in [0.15, 0.2) is 0 Å². The lowest BCUT2D eigenvalue weighted by Crippen LogP contribution is -2.32. The van der Waals surface area contributed by atoms with Gasteiger partial charge in [-0.25, -0.2) is 4.98 Å². The van der Waals surface area contributed by atoms with Crippen molar-refractivity contribution in [2.45, 2.75) is 5.75 Å². The van der Waals surface area contributed by atoms with Crippen LogP contribution >= 0.6 is 23.1 Å². The number of hydrogen-bond donors (Lipinski definition) is 1. The molecule has 0 aliphatic heterocycles. The van der Waals surface area contributed by atoms with E-state index in [1.54, 1.807) is 17.1 Å². The zero-order valence-corrected chi connectivity index (χ0v) is 17.0. The number of thioether (sulfide) groups is 1. The van der Waals surface area contributed by atoms with Gasteiger partial charge in [-0.1, -0.05) is 42.5 Å². The van der Waals surface area contributed by atoms with Gasteiger partial charge in [0.2, 0.25) is 5.91 Å². The molecule has 144 valence electrons. The summed E-state index contributed by atoms with van der Waals surface area (Å²) in [4.78, 5) is 34.7. The molecule has 2 heterocycles. The third-order valence-corrected chi connectivity index (χ3v) is 5.89. The van der Waals surface area contributed by atoms with Gasteiger partial charge < -0.3 is 9.88 Å². The summed E-state index contributed by atoms with van der Waals surface area (Å²) in [6.07, 6.45) is 3.39. The van der Waals surface area contributed by atoms with Gasteiger partial charge in [-0.05, 0) is 5.56 Å². The van der Waals surface area contributed by atoms with Crippen molar-refractivity contribution < 1.29 is 4.79 Å². The summed E-state index contributed by atoms with van der Waals surface area (Å²) in [6.45, 7) is 8.32. The summed E-state index contributed by atoms with van der Waals surface area (Å²) in [5, 5.41) is 2.58. The molecule has 7 heteroatoms. The number of rotatable bonds is 9. The van der Waals surface area contributed by atoms with Gasteiger partial charge in [0, 0.05) is 24.0 Å². The number of nitrogens with zero attached hydrogens (tertiary/aromatic N) is 2. The van der Waals surface area contributed by atoms with Crippen LogP contribution in [0.3, 0.4) is 0 Å². The van der Waals surface area contributed by atoms with Crippen LogP contribution in [0.1, 0.15) is 5.82 Å². The molecule has 28 heavy (non-hydrogen) atoms. The SMILES string of the molecule is C=CCN(CC=C)C(=O)CSCc1nc2scc(-c3ccccc3)c2c(=O)[nH]1. The lowest BCUT2D eigenvalue weighted by Gasteiger charge is -2.18. The van der Waals surface area contributed by atoms with Gasteiger partial charge in [-0.3, -0.25) is 9.59 Å². The highest BCUT2D eigenvalue weighted by molar-refractivity contribution is 7.99. The van der Waals surface area contributed by atoms with E-state index in [0.717, 1.165) is 11.1 Å². The van der Waals surface area contributed by atoms with Gasteiger partial charge in [-0.2, -0.15) is 0 Å². The molecule has 3 rings (SSSR count). The molecular formula is C21H21N3O2S2. The van der Waals surface area contributed by atoms with E-state index in [-0.39, 0.29) is 11.5 Å². The number of carbonyl (C=O) groups is 1. The first kappa shape index (κ1) is 20.1. The third kappa shape index (κ3) is 4.61. The second-order valence-corrected chi connectivity index (χ2v) is 7.92. The van der Waals surface area contributed by atoms with Gasteiger partial charge in [0.25, 0.3) is 5.56 Å². The maximum absolute atomic E-state index is 12.6. The summed E-state index contributed by atoms with van der Waals surface area (Å²) in [6, 6.07) is 9.81. The maximum atomic E-state index is 12.6. The summed E-state index contributed by atoms with van der Waals surface area (Å²) in [5.41, 5.74) is 1.75. The molecule has 0 spiro atoms. The van der Waals surface area contributed by atoms with Crippen molar-refractivity contribution in [3.8, 4) is 11.1 Å². The largest absolute Gasteiger partial charge is 0.335 e. The maximum Gasteiger partial charge on any atom is 0.260 e. The van der Waals surface area contributed by atoms with Crippen LogP contribution in [-0.2, 0) is 10.5 Å². The molecule has 1 N–H and O–H groups in total. The molecule has 0 aliphatic rings. The standard InChI is InChI=1S/C21H21N3O2S2/c1-3-10-24(11-4-2)18(25)14-27-13-17-22-20(26)19-16(12-28-21(19)23-17)15-8-6-5-7-9-15/h3-9,12H,1-2,10-11,13-14H2,(H,22,23,26). The number of aromatic nitrogens is 2. The van der Waals surface area contributed by atoms with Gasteiger partial charge in [0.1, 0.15) is 10.7 Å². The third-order valence-electron chi connectivity index (χ3n) is 4.09. The van der Waals surface area contributed by atoms with Crippen LogP contribution < -0.4 is 5.56 Å². The Morgan fingerprint density at radius 3 is 2.61 bits per heavy atom. The quantitative estimate of drug-likeness (QED) is 0.539. The molecule has 0 saturated heterocycles. The number of nitrogens with one attached hydrogen (secondary N) is 1. The van der Waals surface area contributed by atoms with Crippen molar-refractivity contribution >= 4 is 39.2 Å². The fourth-order valence-corrected chi connectivity index (χ4v) is 4.56. The monoisotopic (exact) mass is 411 g/mol. The average Bonchev–Trinajstić information content (AvgIpc) is 3.13. The lowest BCUT2D eigenvalue weighted by molar-refractivity contribution is -0.127. The number of carbonyl (C=O) groups excluding carboxylic acids is 1. The zero-order valence-electron chi connectivity index (χ0n) is 15.4. The number of H-pyrrole nitrogens is 1. The summed E-state index contributed by atoms with van der Waals surface area (Å²) in [7, 11) is 0. The fourth-order valence-electron chi connectivity index (χ4n) is 2.81. The minimum absolute atomic E-state index is 0.00992. The Hall–Kier alpha value is -2.64. The van der Waals surface area contributed by atoms with Crippen LogP contribution in [0.4, 0.5) is 0 Å². The Kier molecular flexibility index (Phi) is 6.84. The Bertz CT molecular complexity index is 1030. The van der Waals surface area contributed by atoms with E-state index >= 15 is 0 Å². The number of amides is 1. The first-order valence-corrected chi connectivity index (χ1v) is 10.8. The molecule has 0 saturated carbocycles. The Morgan fingerprint density at radius 2 is 1.93 bits per heavy atom. The second-order valence-electron chi connectivity index (χ2n) is 6.08. The predicted octanol–water partition coefficient (Wildman–Crippen LogP) is 4.09. The van der Waals surface area contributed by atoms with Crippen LogP contribution in [0.25, 0.3) is 21.3 Å². The van der Waals surface area contributed by atoms with Crippen molar-refractivity contribution in [1.82, 2.24) is 14.9 Å². The van der Waals surface area contributed by atoms with E-state index in [0.29, 0.717) is 40.6 Å². The minimum atomic E-state index is -0.146. The summed E-state index contributed by atoms with van der Waals surface area (Å²) >= 11 is 2.88. The average molecular weight is 412 g/mol. The highest BCUT2D eigenvalue weighted by Crippen LogP contribution is 2.30. The normalized spacial score (nSPS) is 10.7. The lowest BCUT2D eigenvalue weighted by atomic mass is 10.1. The zero-order chi connectivity index (χ0) is 19.9. The highest BCUT2D eigenvalue weighted by atomic mass is 32.2. The van der Waals surface area contributed by atoms with Crippen molar-refractivity contribution in [3.63, 3.8) is 0 Å². The molecular weight excluding hydrogens is 390 g/mol. The van der Waals surface area contributed by atoms with E-state index in [9.17, 15) is 9.59 Å². The van der Waals surface area contributed by atoms with E-state index in [4.69, 9.17) is 0 Å². The van der Waals surface area contributed by atoms with Crippen molar-refractivity contribution in [1.29, 1.82) is 0 Å². The van der Waals surface area contributed by atoms with Gasteiger partial charge in [-0.15, -0.1) is 36.3 Å². The van der Waals surface area contributed by atoms with Crippen LogP contribution in [0.2, 0.25) is 0 Å². The Morgan fingerprint density at radius 1 is 1.21 bits per heavy atom. The van der Waals surface area contributed by atoms with Crippen molar-refractivity contribution in [2.75, 3.05) is 18.8 Å². The van der Waals surface area contributed by atoms with Crippen LogP contribution in [0.15, 0.2) is 65.8 Å². The van der Waals surface area contributed by atoms with Gasteiger partial charge in [0.05, 0.1) is 16.9 Å². The first-order valence-electron chi connectivity index (χ1n) is 8.77. The second kappa shape index (κ2) is 9.52. The summed E-state index contributed by atoms with van der Waals surface area (Å²) < 4.78 is 0. The van der Waals surface area contributed by atoms with E-state index in [2.05, 4.69) is 23.1 Å². The number of aromatic amines is 1. The Balaban J connectivity index is 1.72. The fraction of sp³-hybridized carbons (Fsp3) is 0.190. The molecule has 0 unspecified atom stereocenters. The topological polar surface area (TPSA) is 66.1 Å². The van der Waals surface area contributed by atoms with Crippen LogP contribution in [0, 0.1) is 0 Å². The predicted molar refractivity (Wildman–Crippen MR) is 119 cm³/mol. The van der Waals surface area contributed by atoms with E-state index in [1.807, 2.05) is 35.7 Å². The van der Waals surface area contributed by atoms with E-state index < -0.39 is 0 Å². The number of thiophene rings is 1. The van der Waals surface area contributed by atoms with Crippen LogP contribution in [-0.4, -0.2) is 39.6 Å². The van der Waals surface area contributed by atoms with E-state index in [1.165, 1.54) is 23.1 Å². The van der Waals surface area contributed by atoms with Crippen molar-refractivity contribution in [3.05, 3.63) is 77.2 Å². The highest BCUT2D eigenvalue weighted by Gasteiger charge is 2.14. The number of fused-ring (bicyclic) bond motifs is 1. The Labute approximate surface area is 171 Å². The molecule has 0 aliphatic carbocycles. The minimum Gasteiger partial charge on any atom is -0.335 e. The number of benzene rings is 1. The van der Waals surface area contributed by atoms with Crippen molar-refractivity contribution in [2.24, 2.45) is 0 Å². The number of hydrogen-bond acceptors (Lipinski definition) is 5. The molecule has 0 bridgehead atoms. The molecule has 0 radical (unpaired) electrons. The molecule has 5 nitrogen and oxygen atoms in total. The summed E-state index contributed by atoms with van der Waals surface area (Å²) in [5.74, 6) is 1.36. The smallest absolute Gasteiger partial charge is 0.260 e. The molecule has 3 aromatic rings. The first-order chi connectivity index (χ1) is 13.6. The molecule has 1 amide bonds. The van der Waals surface area contributed by atoms with Gasteiger partial charge >= 0.3 is 0 Å². The molecule has 0 atom stereocenters.